The van der Waals surface area contributed by atoms with Crippen LogP contribution < -0.4 is 10.9 Å². The van der Waals surface area contributed by atoms with Crippen molar-refractivity contribution in [1.82, 2.24) is 9.88 Å². The largest absolute Gasteiger partial charge is 0.356 e. The number of carbonyl (C=O) groups is 1. The Morgan fingerprint density at radius 1 is 1.29 bits per heavy atom. The van der Waals surface area contributed by atoms with Gasteiger partial charge >= 0.3 is 0 Å². The van der Waals surface area contributed by atoms with Crippen molar-refractivity contribution < 1.29 is 4.79 Å². The molecule has 0 saturated heterocycles. The van der Waals surface area contributed by atoms with Crippen LogP contribution in [0.15, 0.2) is 29.2 Å². The van der Waals surface area contributed by atoms with Gasteiger partial charge in [0.15, 0.2) is 0 Å². The van der Waals surface area contributed by atoms with Crippen LogP contribution in [-0.4, -0.2) is 17.0 Å². The first-order chi connectivity index (χ1) is 10.2. The highest BCUT2D eigenvalue weighted by Gasteiger charge is 2.57. The Morgan fingerprint density at radius 2 is 2.10 bits per heavy atom. The molecule has 2 aliphatic carbocycles. The number of aromatic nitrogens is 1. The van der Waals surface area contributed by atoms with Gasteiger partial charge in [-0.05, 0) is 37.2 Å². The summed E-state index contributed by atoms with van der Waals surface area (Å²) in [7, 11) is 0. The van der Waals surface area contributed by atoms with Gasteiger partial charge in [-0.15, -0.1) is 0 Å². The Hall–Kier alpha value is -1.58. The van der Waals surface area contributed by atoms with E-state index in [2.05, 4.69) is 5.32 Å². The molecule has 2 saturated carbocycles. The molecule has 1 spiro atoms. The van der Waals surface area contributed by atoms with Crippen molar-refractivity contribution in [2.24, 2.45) is 11.3 Å². The van der Waals surface area contributed by atoms with E-state index in [1.54, 1.807) is 22.9 Å². The van der Waals surface area contributed by atoms with Crippen LogP contribution >= 0.6 is 0 Å². The van der Waals surface area contributed by atoms with Gasteiger partial charge < -0.3 is 9.88 Å². The Morgan fingerprint density at radius 3 is 2.86 bits per heavy atom. The van der Waals surface area contributed by atoms with Gasteiger partial charge in [-0.1, -0.05) is 25.3 Å². The van der Waals surface area contributed by atoms with E-state index in [9.17, 15) is 9.59 Å². The van der Waals surface area contributed by atoms with Crippen LogP contribution in [-0.2, 0) is 11.3 Å². The van der Waals surface area contributed by atoms with Gasteiger partial charge in [0.25, 0.3) is 0 Å². The normalized spacial score (nSPS) is 23.0. The lowest BCUT2D eigenvalue weighted by molar-refractivity contribution is -0.123. The van der Waals surface area contributed by atoms with Crippen molar-refractivity contribution in [3.05, 3.63) is 34.7 Å². The monoisotopic (exact) mass is 288 g/mol. The number of hydrogen-bond acceptors (Lipinski definition) is 2. The molecule has 2 fully saturated rings. The highest BCUT2D eigenvalue weighted by Crippen LogP contribution is 2.61. The average molecular weight is 288 g/mol. The molecule has 1 aromatic heterocycles. The molecule has 21 heavy (non-hydrogen) atoms. The highest BCUT2D eigenvalue weighted by atomic mass is 16.2. The topological polar surface area (TPSA) is 51.1 Å². The summed E-state index contributed by atoms with van der Waals surface area (Å²) in [4.78, 5) is 23.7. The second-order valence-electron chi connectivity index (χ2n) is 6.56. The number of nitrogens with one attached hydrogen (secondary N) is 1. The summed E-state index contributed by atoms with van der Waals surface area (Å²) in [5.74, 6) is 0.495. The zero-order chi connectivity index (χ0) is 14.7. The fourth-order valence-electron chi connectivity index (χ4n) is 3.76. The maximum Gasteiger partial charge on any atom is 0.250 e. The van der Waals surface area contributed by atoms with Crippen LogP contribution in [0.1, 0.15) is 44.9 Å². The molecule has 4 nitrogen and oxygen atoms in total. The third-order valence-electron chi connectivity index (χ3n) is 5.13. The van der Waals surface area contributed by atoms with Gasteiger partial charge in [-0.25, -0.2) is 0 Å². The Balaban J connectivity index is 1.39. The van der Waals surface area contributed by atoms with Crippen molar-refractivity contribution >= 4 is 5.91 Å². The molecule has 0 unspecified atom stereocenters. The second-order valence-corrected chi connectivity index (χ2v) is 6.56. The molecule has 4 heteroatoms. The van der Waals surface area contributed by atoms with Crippen molar-refractivity contribution in [2.45, 2.75) is 51.5 Å². The molecule has 0 aliphatic heterocycles. The fourth-order valence-corrected chi connectivity index (χ4v) is 3.76. The molecule has 0 aromatic carbocycles. The first kappa shape index (κ1) is 14.4. The van der Waals surface area contributed by atoms with Crippen molar-refractivity contribution in [1.29, 1.82) is 0 Å². The maximum atomic E-state index is 12.2. The molecule has 1 amide bonds. The van der Waals surface area contributed by atoms with Crippen LogP contribution in [0.5, 0.6) is 0 Å². The van der Waals surface area contributed by atoms with Gasteiger partial charge in [0, 0.05) is 31.3 Å². The Kier molecular flexibility index (Phi) is 4.13. The summed E-state index contributed by atoms with van der Waals surface area (Å²) < 4.78 is 1.69. The number of aryl methyl sites for hydroxylation is 1. The molecule has 1 heterocycles. The van der Waals surface area contributed by atoms with Gasteiger partial charge in [0.1, 0.15) is 0 Å². The smallest absolute Gasteiger partial charge is 0.250 e. The van der Waals surface area contributed by atoms with Gasteiger partial charge in [-0.3, -0.25) is 9.59 Å². The minimum atomic E-state index is 0.0205. The van der Waals surface area contributed by atoms with Crippen molar-refractivity contribution in [3.63, 3.8) is 0 Å². The zero-order valence-corrected chi connectivity index (χ0v) is 12.5. The van der Waals surface area contributed by atoms with Gasteiger partial charge in [-0.2, -0.15) is 0 Å². The Bertz CT molecular complexity index is 558. The van der Waals surface area contributed by atoms with Crippen molar-refractivity contribution in [2.75, 3.05) is 6.54 Å². The minimum Gasteiger partial charge on any atom is -0.356 e. The predicted octanol–water partition coefficient (Wildman–Crippen LogP) is 2.32. The van der Waals surface area contributed by atoms with E-state index in [1.165, 1.54) is 32.1 Å². The standard InChI is InChI=1S/C17H24N2O2/c20-15-7-2-5-11-19(15)12-6-10-18-16(21)14-13-17(14)8-3-1-4-9-17/h2,5,7,11,14H,1,3-4,6,8-10,12-13H2,(H,18,21)/t14-/m1/s1. The first-order valence-corrected chi connectivity index (χ1v) is 8.14. The summed E-state index contributed by atoms with van der Waals surface area (Å²) in [5.41, 5.74) is 0.380. The highest BCUT2D eigenvalue weighted by molar-refractivity contribution is 5.82. The molecule has 0 bridgehead atoms. The summed E-state index contributed by atoms with van der Waals surface area (Å²) >= 11 is 0. The van der Waals surface area contributed by atoms with E-state index in [0.717, 1.165) is 12.8 Å². The molecule has 3 rings (SSSR count). The molecular formula is C17H24N2O2. The van der Waals surface area contributed by atoms with Crippen LogP contribution in [0, 0.1) is 11.3 Å². The number of pyridine rings is 1. The van der Waals surface area contributed by atoms with Crippen molar-refractivity contribution in [3.8, 4) is 0 Å². The third kappa shape index (κ3) is 3.20. The average Bonchev–Trinajstić information content (AvgIpc) is 3.19. The minimum absolute atomic E-state index is 0.0205. The second kappa shape index (κ2) is 6.04. The zero-order valence-electron chi connectivity index (χ0n) is 12.5. The van der Waals surface area contributed by atoms with E-state index in [0.29, 0.717) is 18.5 Å². The molecule has 114 valence electrons. The molecule has 2 aliphatic rings. The number of nitrogens with zero attached hydrogens (tertiary/aromatic N) is 1. The number of rotatable bonds is 5. The summed E-state index contributed by atoms with van der Waals surface area (Å²) in [6.45, 7) is 1.32. The lowest BCUT2D eigenvalue weighted by Gasteiger charge is -2.22. The summed E-state index contributed by atoms with van der Waals surface area (Å²) in [6.07, 6.45) is 10.1. The SMILES string of the molecule is O=C(NCCCn1ccccc1=O)[C@H]1CC12CCCCC2. The number of carbonyl (C=O) groups excluding carboxylic acids is 1. The van der Waals surface area contributed by atoms with E-state index in [4.69, 9.17) is 0 Å². The third-order valence-corrected chi connectivity index (χ3v) is 5.13. The Labute approximate surface area is 125 Å². The van der Waals surface area contributed by atoms with Crippen LogP contribution in [0.3, 0.4) is 0 Å². The summed E-state index contributed by atoms with van der Waals surface area (Å²) in [6, 6.07) is 5.17. The van der Waals surface area contributed by atoms with Crippen LogP contribution in [0.2, 0.25) is 0 Å². The molecule has 1 aromatic rings. The molecule has 0 radical (unpaired) electrons. The molecular weight excluding hydrogens is 264 g/mol. The fraction of sp³-hybridized carbons (Fsp3) is 0.647. The van der Waals surface area contributed by atoms with E-state index < -0.39 is 0 Å². The first-order valence-electron chi connectivity index (χ1n) is 8.14. The van der Waals surface area contributed by atoms with Gasteiger partial charge in [0.05, 0.1) is 0 Å². The van der Waals surface area contributed by atoms with E-state index in [1.807, 2.05) is 6.07 Å². The number of hydrogen-bond donors (Lipinski definition) is 1. The van der Waals surface area contributed by atoms with Crippen LogP contribution in [0.4, 0.5) is 0 Å². The van der Waals surface area contributed by atoms with E-state index >= 15 is 0 Å². The predicted molar refractivity (Wildman–Crippen MR) is 82.0 cm³/mol. The quantitative estimate of drug-likeness (QED) is 0.845. The molecule has 1 atom stereocenters. The molecule has 1 N–H and O–H groups in total. The number of amides is 1. The maximum absolute atomic E-state index is 12.2. The lowest BCUT2D eigenvalue weighted by atomic mass is 9.84. The van der Waals surface area contributed by atoms with Crippen LogP contribution in [0.25, 0.3) is 0 Å². The van der Waals surface area contributed by atoms with Gasteiger partial charge in [0.2, 0.25) is 11.5 Å². The summed E-state index contributed by atoms with van der Waals surface area (Å²) in [5, 5.41) is 3.05. The van der Waals surface area contributed by atoms with E-state index in [-0.39, 0.29) is 17.4 Å². The lowest BCUT2D eigenvalue weighted by Crippen LogP contribution is -2.30.